The van der Waals surface area contributed by atoms with Crippen LogP contribution in [0.2, 0.25) is 10.0 Å². The standard InChI is InChI=1S/C16H13Cl2NO4S/c17-10-4-6-12(7-5-10)24(22,23)14-13(16(14,19)15(20)21)9-2-1-3-11(18)8-9/h1-8,13-14H,19H2,(H,20,21). The Balaban J connectivity index is 2.08. The topological polar surface area (TPSA) is 97.5 Å². The molecule has 2 aromatic carbocycles. The van der Waals surface area contributed by atoms with E-state index in [9.17, 15) is 18.3 Å². The molecule has 3 N–H and O–H groups in total. The Morgan fingerprint density at radius 3 is 2.25 bits per heavy atom. The molecule has 0 saturated heterocycles. The second kappa shape index (κ2) is 5.74. The third-order valence-electron chi connectivity index (χ3n) is 4.23. The molecule has 0 heterocycles. The van der Waals surface area contributed by atoms with Crippen LogP contribution >= 0.6 is 23.2 Å². The summed E-state index contributed by atoms with van der Waals surface area (Å²) in [5, 5.41) is 8.99. The molecule has 0 aliphatic heterocycles. The summed E-state index contributed by atoms with van der Waals surface area (Å²) in [4.78, 5) is 11.6. The molecule has 1 aliphatic rings. The first-order valence-electron chi connectivity index (χ1n) is 6.96. The average Bonchev–Trinajstić information content (AvgIpc) is 3.17. The normalized spacial score (nSPS) is 26.1. The third-order valence-corrected chi connectivity index (χ3v) is 6.98. The molecule has 2 aromatic rings. The van der Waals surface area contributed by atoms with Crippen LogP contribution in [0.5, 0.6) is 0 Å². The van der Waals surface area contributed by atoms with Gasteiger partial charge in [0, 0.05) is 16.0 Å². The van der Waals surface area contributed by atoms with Gasteiger partial charge in [-0.25, -0.2) is 8.42 Å². The van der Waals surface area contributed by atoms with E-state index in [1.165, 1.54) is 30.3 Å². The Labute approximate surface area is 148 Å². The molecule has 1 aliphatic carbocycles. The highest BCUT2D eigenvalue weighted by Crippen LogP contribution is 2.56. The Morgan fingerprint density at radius 1 is 1.08 bits per heavy atom. The van der Waals surface area contributed by atoms with E-state index in [1.807, 2.05) is 0 Å². The van der Waals surface area contributed by atoms with E-state index >= 15 is 0 Å². The third kappa shape index (κ3) is 2.59. The molecule has 0 bridgehead atoms. The van der Waals surface area contributed by atoms with Crippen LogP contribution in [0.3, 0.4) is 0 Å². The summed E-state index contributed by atoms with van der Waals surface area (Å²) in [6, 6.07) is 12.0. The summed E-state index contributed by atoms with van der Waals surface area (Å²) in [5.74, 6) is -2.25. The Bertz CT molecular complexity index is 914. The molecule has 0 amide bonds. The smallest absolute Gasteiger partial charge is 0.325 e. The molecule has 8 heteroatoms. The highest BCUT2D eigenvalue weighted by Gasteiger charge is 2.74. The lowest BCUT2D eigenvalue weighted by atomic mass is 10.1. The monoisotopic (exact) mass is 385 g/mol. The van der Waals surface area contributed by atoms with E-state index in [1.54, 1.807) is 18.2 Å². The van der Waals surface area contributed by atoms with Gasteiger partial charge in [0.2, 0.25) is 0 Å². The summed E-state index contributed by atoms with van der Waals surface area (Å²) < 4.78 is 25.8. The summed E-state index contributed by atoms with van der Waals surface area (Å²) in [6.45, 7) is 0. The van der Waals surface area contributed by atoms with Crippen molar-refractivity contribution in [2.75, 3.05) is 0 Å². The van der Waals surface area contributed by atoms with E-state index in [2.05, 4.69) is 0 Å². The Kier molecular flexibility index (Phi) is 4.12. The van der Waals surface area contributed by atoms with Crippen LogP contribution in [-0.2, 0) is 14.6 Å². The number of hydrogen-bond acceptors (Lipinski definition) is 4. The van der Waals surface area contributed by atoms with Crippen molar-refractivity contribution in [3.8, 4) is 0 Å². The predicted octanol–water partition coefficient (Wildman–Crippen LogP) is 2.72. The van der Waals surface area contributed by atoms with Crippen LogP contribution in [0, 0.1) is 0 Å². The minimum absolute atomic E-state index is 0.0162. The van der Waals surface area contributed by atoms with Gasteiger partial charge < -0.3 is 10.8 Å². The fourth-order valence-corrected chi connectivity index (χ4v) is 5.54. The molecule has 0 aromatic heterocycles. The molecule has 3 rings (SSSR count). The number of hydrogen-bond donors (Lipinski definition) is 2. The van der Waals surface area contributed by atoms with Crippen LogP contribution in [-0.4, -0.2) is 30.3 Å². The van der Waals surface area contributed by atoms with Gasteiger partial charge in [0.05, 0.1) is 4.90 Å². The van der Waals surface area contributed by atoms with E-state index in [-0.39, 0.29) is 4.90 Å². The zero-order valence-electron chi connectivity index (χ0n) is 12.2. The molecule has 3 atom stereocenters. The predicted molar refractivity (Wildman–Crippen MR) is 91.2 cm³/mol. The number of carboxylic acid groups (broad SMARTS) is 1. The van der Waals surface area contributed by atoms with Crippen molar-refractivity contribution in [1.82, 2.24) is 0 Å². The number of carbonyl (C=O) groups is 1. The van der Waals surface area contributed by atoms with Gasteiger partial charge in [-0.2, -0.15) is 0 Å². The number of aliphatic carboxylic acids is 1. The molecule has 0 radical (unpaired) electrons. The van der Waals surface area contributed by atoms with Crippen LogP contribution in [0.15, 0.2) is 53.4 Å². The number of rotatable bonds is 4. The highest BCUT2D eigenvalue weighted by molar-refractivity contribution is 7.92. The summed E-state index contributed by atoms with van der Waals surface area (Å²) >= 11 is 11.7. The SMILES string of the molecule is NC1(C(=O)O)C(c2cccc(Cl)c2)C1S(=O)(=O)c1ccc(Cl)cc1. The summed E-state index contributed by atoms with van der Waals surface area (Å²) in [5.41, 5.74) is 4.55. The lowest BCUT2D eigenvalue weighted by Crippen LogP contribution is -2.39. The molecule has 1 fully saturated rings. The number of halogens is 2. The zero-order valence-corrected chi connectivity index (χ0v) is 14.5. The van der Waals surface area contributed by atoms with Gasteiger partial charge in [-0.3, -0.25) is 4.79 Å². The molecular formula is C16H13Cl2NO4S. The number of nitrogens with two attached hydrogens (primary N) is 1. The quantitative estimate of drug-likeness (QED) is 0.842. The molecule has 3 unspecified atom stereocenters. The lowest BCUT2D eigenvalue weighted by molar-refractivity contribution is -0.139. The van der Waals surface area contributed by atoms with Crippen molar-refractivity contribution < 1.29 is 18.3 Å². The van der Waals surface area contributed by atoms with E-state index in [0.717, 1.165) is 0 Å². The van der Waals surface area contributed by atoms with Gasteiger partial charge in [-0.1, -0.05) is 35.3 Å². The van der Waals surface area contributed by atoms with Crippen LogP contribution in [0.4, 0.5) is 0 Å². The van der Waals surface area contributed by atoms with Crippen molar-refractivity contribution in [3.05, 3.63) is 64.1 Å². The van der Waals surface area contributed by atoms with E-state index in [0.29, 0.717) is 15.6 Å². The summed E-state index contributed by atoms with van der Waals surface area (Å²) in [7, 11) is -3.95. The molecule has 126 valence electrons. The molecule has 24 heavy (non-hydrogen) atoms. The molecule has 0 spiro atoms. The zero-order chi connectivity index (χ0) is 17.7. The number of carboxylic acids is 1. The highest BCUT2D eigenvalue weighted by atomic mass is 35.5. The maximum atomic E-state index is 12.9. The second-order valence-corrected chi connectivity index (χ2v) is 8.63. The first-order chi connectivity index (χ1) is 11.2. The van der Waals surface area contributed by atoms with E-state index < -0.39 is 32.5 Å². The van der Waals surface area contributed by atoms with Crippen molar-refractivity contribution in [3.63, 3.8) is 0 Å². The van der Waals surface area contributed by atoms with Gasteiger partial charge in [0.15, 0.2) is 9.84 Å². The van der Waals surface area contributed by atoms with Gasteiger partial charge in [0.1, 0.15) is 10.8 Å². The minimum atomic E-state index is -3.95. The van der Waals surface area contributed by atoms with Crippen molar-refractivity contribution >= 4 is 39.0 Å². The average molecular weight is 386 g/mol. The number of sulfone groups is 1. The van der Waals surface area contributed by atoms with Crippen LogP contribution in [0.1, 0.15) is 11.5 Å². The van der Waals surface area contributed by atoms with Crippen molar-refractivity contribution in [1.29, 1.82) is 0 Å². The number of benzene rings is 2. The molecular weight excluding hydrogens is 373 g/mol. The Morgan fingerprint density at radius 2 is 1.71 bits per heavy atom. The first kappa shape index (κ1) is 17.2. The summed E-state index contributed by atoms with van der Waals surface area (Å²) in [6.07, 6.45) is 0. The second-order valence-electron chi connectivity index (χ2n) is 5.69. The van der Waals surface area contributed by atoms with Crippen molar-refractivity contribution in [2.24, 2.45) is 5.73 Å². The molecule has 5 nitrogen and oxygen atoms in total. The lowest BCUT2D eigenvalue weighted by Gasteiger charge is -2.07. The minimum Gasteiger partial charge on any atom is -0.480 e. The Hall–Kier alpha value is -1.60. The van der Waals surface area contributed by atoms with Crippen molar-refractivity contribution in [2.45, 2.75) is 21.6 Å². The van der Waals surface area contributed by atoms with Gasteiger partial charge >= 0.3 is 5.97 Å². The fourth-order valence-electron chi connectivity index (χ4n) is 2.99. The largest absolute Gasteiger partial charge is 0.480 e. The van der Waals surface area contributed by atoms with Crippen LogP contribution < -0.4 is 5.73 Å². The maximum absolute atomic E-state index is 12.9. The fraction of sp³-hybridized carbons (Fsp3) is 0.188. The molecule has 1 saturated carbocycles. The van der Waals surface area contributed by atoms with Crippen LogP contribution in [0.25, 0.3) is 0 Å². The van der Waals surface area contributed by atoms with Gasteiger partial charge in [-0.15, -0.1) is 0 Å². The van der Waals surface area contributed by atoms with E-state index in [4.69, 9.17) is 28.9 Å². The first-order valence-corrected chi connectivity index (χ1v) is 9.26. The van der Waals surface area contributed by atoms with Gasteiger partial charge in [-0.05, 0) is 42.0 Å². The van der Waals surface area contributed by atoms with Gasteiger partial charge in [0.25, 0.3) is 0 Å². The maximum Gasteiger partial charge on any atom is 0.325 e.